The first-order chi connectivity index (χ1) is 10.5. The molecule has 1 saturated heterocycles. The summed E-state index contributed by atoms with van der Waals surface area (Å²) in [6.45, 7) is 2.74. The van der Waals surface area contributed by atoms with Crippen molar-refractivity contribution >= 4 is 27.7 Å². The molecule has 0 radical (unpaired) electrons. The van der Waals surface area contributed by atoms with Gasteiger partial charge in [0.15, 0.2) is 6.61 Å². The van der Waals surface area contributed by atoms with Crippen molar-refractivity contribution in [1.82, 2.24) is 10.2 Å². The third kappa shape index (κ3) is 4.69. The fourth-order valence-corrected chi connectivity index (χ4v) is 2.81. The molecule has 0 bridgehead atoms. The van der Waals surface area contributed by atoms with E-state index >= 15 is 0 Å². The summed E-state index contributed by atoms with van der Waals surface area (Å²) in [5.74, 6) is -0.115. The number of ether oxygens (including phenoxy) is 1. The third-order valence-electron chi connectivity index (χ3n) is 3.56. The predicted octanol–water partition coefficient (Wildman–Crippen LogP) is 2.09. The Morgan fingerprint density at radius 2 is 2.09 bits per heavy atom. The summed E-state index contributed by atoms with van der Waals surface area (Å²) in [6, 6.07) is 4.08. The predicted molar refractivity (Wildman–Crippen MR) is 83.0 cm³/mol. The quantitative estimate of drug-likeness (QED) is 0.880. The lowest BCUT2D eigenvalue weighted by Gasteiger charge is -2.31. The number of piperidine rings is 1. The zero-order valence-corrected chi connectivity index (χ0v) is 13.9. The van der Waals surface area contributed by atoms with E-state index < -0.39 is 0 Å². The second-order valence-corrected chi connectivity index (χ2v) is 6.07. The molecule has 0 aliphatic carbocycles. The first-order valence-corrected chi connectivity index (χ1v) is 7.87. The molecule has 1 aliphatic heterocycles. The molecule has 1 aliphatic rings. The van der Waals surface area contributed by atoms with Crippen LogP contribution in [0.3, 0.4) is 0 Å². The highest BCUT2D eigenvalue weighted by atomic mass is 79.9. The molecule has 0 saturated carbocycles. The number of carbonyl (C=O) groups excluding carboxylic acids is 2. The molecule has 120 valence electrons. The summed E-state index contributed by atoms with van der Waals surface area (Å²) < 4.78 is 18.8. The average molecular weight is 373 g/mol. The molecule has 2 rings (SSSR count). The highest BCUT2D eigenvalue weighted by molar-refractivity contribution is 9.10. The second-order valence-electron chi connectivity index (χ2n) is 5.21. The fraction of sp³-hybridized carbons (Fsp3) is 0.467. The van der Waals surface area contributed by atoms with E-state index in [2.05, 4.69) is 21.2 Å². The van der Waals surface area contributed by atoms with Gasteiger partial charge in [0.25, 0.3) is 5.91 Å². The number of nitrogens with one attached hydrogen (secondary N) is 1. The zero-order chi connectivity index (χ0) is 16.1. The highest BCUT2D eigenvalue weighted by Crippen LogP contribution is 2.25. The van der Waals surface area contributed by atoms with Crippen molar-refractivity contribution in [3.63, 3.8) is 0 Å². The van der Waals surface area contributed by atoms with Gasteiger partial charge in [-0.3, -0.25) is 9.59 Å². The normalized spacial score (nSPS) is 15.5. The molecule has 0 spiro atoms. The van der Waals surface area contributed by atoms with Crippen molar-refractivity contribution in [3.8, 4) is 5.75 Å². The van der Waals surface area contributed by atoms with Crippen LogP contribution in [-0.2, 0) is 9.59 Å². The first-order valence-electron chi connectivity index (χ1n) is 7.08. The largest absolute Gasteiger partial charge is 0.483 e. The smallest absolute Gasteiger partial charge is 0.258 e. The molecule has 1 aromatic carbocycles. The molecule has 1 fully saturated rings. The van der Waals surface area contributed by atoms with Crippen LogP contribution in [0.4, 0.5) is 4.39 Å². The molecule has 1 N–H and O–H groups in total. The summed E-state index contributed by atoms with van der Waals surface area (Å²) >= 11 is 3.18. The second kappa shape index (κ2) is 7.58. The van der Waals surface area contributed by atoms with E-state index in [1.54, 1.807) is 11.8 Å². The number of amides is 2. The standard InChI is InChI=1S/C15H18BrFN2O3/c1-10(20)19-6-4-12(5-7-19)18-15(21)9-22-14-3-2-11(17)8-13(14)16/h2-3,8,12H,4-7,9H2,1H3,(H,18,21). The number of carbonyl (C=O) groups is 2. The van der Waals surface area contributed by atoms with Crippen LogP contribution in [0.15, 0.2) is 22.7 Å². The number of halogens is 2. The van der Waals surface area contributed by atoms with Crippen LogP contribution in [0.1, 0.15) is 19.8 Å². The van der Waals surface area contributed by atoms with E-state index in [0.29, 0.717) is 23.3 Å². The van der Waals surface area contributed by atoms with Crippen LogP contribution >= 0.6 is 15.9 Å². The summed E-state index contributed by atoms with van der Waals surface area (Å²) in [7, 11) is 0. The van der Waals surface area contributed by atoms with Gasteiger partial charge in [0, 0.05) is 26.1 Å². The van der Waals surface area contributed by atoms with Crippen LogP contribution in [0.2, 0.25) is 0 Å². The number of hydrogen-bond acceptors (Lipinski definition) is 3. The van der Waals surface area contributed by atoms with Gasteiger partial charge in [-0.05, 0) is 47.0 Å². The molecular weight excluding hydrogens is 355 g/mol. The molecule has 2 amide bonds. The Labute approximate surface area is 136 Å². The summed E-state index contributed by atoms with van der Waals surface area (Å²) in [6.07, 6.45) is 1.48. The van der Waals surface area contributed by atoms with E-state index in [0.717, 1.165) is 12.8 Å². The SMILES string of the molecule is CC(=O)N1CCC(NC(=O)COc2ccc(F)cc2Br)CC1. The molecule has 22 heavy (non-hydrogen) atoms. The van der Waals surface area contributed by atoms with Crippen molar-refractivity contribution in [3.05, 3.63) is 28.5 Å². The average Bonchev–Trinajstić information content (AvgIpc) is 2.47. The lowest BCUT2D eigenvalue weighted by molar-refractivity contribution is -0.130. The number of rotatable bonds is 4. The minimum Gasteiger partial charge on any atom is -0.483 e. The van der Waals surface area contributed by atoms with Gasteiger partial charge in [0.1, 0.15) is 11.6 Å². The first kappa shape index (κ1) is 16.7. The molecule has 0 aromatic heterocycles. The van der Waals surface area contributed by atoms with E-state index in [1.165, 1.54) is 18.2 Å². The number of nitrogens with zero attached hydrogens (tertiary/aromatic N) is 1. The van der Waals surface area contributed by atoms with E-state index in [1.807, 2.05) is 0 Å². The monoisotopic (exact) mass is 372 g/mol. The Balaban J connectivity index is 1.75. The number of likely N-dealkylation sites (tertiary alicyclic amines) is 1. The van der Waals surface area contributed by atoms with E-state index in [-0.39, 0.29) is 30.3 Å². The van der Waals surface area contributed by atoms with Gasteiger partial charge < -0.3 is 15.0 Å². The van der Waals surface area contributed by atoms with Crippen LogP contribution in [-0.4, -0.2) is 42.5 Å². The van der Waals surface area contributed by atoms with Crippen molar-refractivity contribution < 1.29 is 18.7 Å². The Bertz CT molecular complexity index is 560. The van der Waals surface area contributed by atoms with Crippen molar-refractivity contribution in [2.75, 3.05) is 19.7 Å². The van der Waals surface area contributed by atoms with Crippen LogP contribution < -0.4 is 10.1 Å². The summed E-state index contributed by atoms with van der Waals surface area (Å²) in [4.78, 5) is 24.9. The molecule has 5 nitrogen and oxygen atoms in total. The number of benzene rings is 1. The minimum absolute atomic E-state index is 0.0587. The van der Waals surface area contributed by atoms with Crippen molar-refractivity contribution in [2.24, 2.45) is 0 Å². The molecule has 1 heterocycles. The fourth-order valence-electron chi connectivity index (χ4n) is 2.34. The minimum atomic E-state index is -0.374. The highest BCUT2D eigenvalue weighted by Gasteiger charge is 2.22. The Kier molecular flexibility index (Phi) is 5.76. The molecule has 0 atom stereocenters. The van der Waals surface area contributed by atoms with Gasteiger partial charge in [-0.25, -0.2) is 4.39 Å². The molecule has 1 aromatic rings. The molecule has 7 heteroatoms. The van der Waals surface area contributed by atoms with Crippen molar-refractivity contribution in [2.45, 2.75) is 25.8 Å². The Morgan fingerprint density at radius 1 is 1.41 bits per heavy atom. The van der Waals surface area contributed by atoms with Crippen LogP contribution in [0.25, 0.3) is 0 Å². The Morgan fingerprint density at radius 3 is 2.68 bits per heavy atom. The lowest BCUT2D eigenvalue weighted by Crippen LogP contribution is -2.47. The van der Waals surface area contributed by atoms with Crippen molar-refractivity contribution in [1.29, 1.82) is 0 Å². The van der Waals surface area contributed by atoms with Gasteiger partial charge in [-0.1, -0.05) is 0 Å². The maximum absolute atomic E-state index is 13.0. The molecular formula is C15H18BrFN2O3. The van der Waals surface area contributed by atoms with Gasteiger partial charge in [0.2, 0.25) is 5.91 Å². The zero-order valence-electron chi connectivity index (χ0n) is 12.3. The topological polar surface area (TPSA) is 58.6 Å². The van der Waals surface area contributed by atoms with Gasteiger partial charge in [0.05, 0.1) is 4.47 Å². The van der Waals surface area contributed by atoms with E-state index in [9.17, 15) is 14.0 Å². The van der Waals surface area contributed by atoms with Crippen LogP contribution in [0.5, 0.6) is 5.75 Å². The van der Waals surface area contributed by atoms with Gasteiger partial charge >= 0.3 is 0 Å². The Hall–Kier alpha value is -1.63. The van der Waals surface area contributed by atoms with E-state index in [4.69, 9.17) is 4.74 Å². The molecule has 0 unspecified atom stereocenters. The summed E-state index contributed by atoms with van der Waals surface area (Å²) in [5, 5.41) is 2.89. The maximum Gasteiger partial charge on any atom is 0.258 e. The van der Waals surface area contributed by atoms with Crippen LogP contribution in [0, 0.1) is 5.82 Å². The number of hydrogen-bond donors (Lipinski definition) is 1. The summed E-state index contributed by atoms with van der Waals surface area (Å²) in [5.41, 5.74) is 0. The lowest BCUT2D eigenvalue weighted by atomic mass is 10.1. The maximum atomic E-state index is 13.0. The van der Waals surface area contributed by atoms with Gasteiger partial charge in [-0.2, -0.15) is 0 Å². The third-order valence-corrected chi connectivity index (χ3v) is 4.18. The van der Waals surface area contributed by atoms with Gasteiger partial charge in [-0.15, -0.1) is 0 Å².